The number of hydrogen-bond donors (Lipinski definition) is 1. The van der Waals surface area contributed by atoms with Crippen LogP contribution in [-0.2, 0) is 17.9 Å². The lowest BCUT2D eigenvalue weighted by molar-refractivity contribution is -0.0172. The Labute approximate surface area is 111 Å². The van der Waals surface area contributed by atoms with E-state index in [0.717, 1.165) is 30.0 Å². The normalized spacial score (nSPS) is 18.5. The second-order valence-corrected chi connectivity index (χ2v) is 4.90. The standard InChI is InChI=1S/C13H17N3O3/c1-15-2-3-16(13(15)17)6-9-4-11(14)5-10-7-18-8-19-12(9)10/h4-5H,2-3,6-8,14H2,1H3. The molecule has 2 N–H and O–H groups in total. The van der Waals surface area contributed by atoms with Gasteiger partial charge in [0.1, 0.15) is 5.75 Å². The van der Waals surface area contributed by atoms with Crippen molar-refractivity contribution in [2.45, 2.75) is 13.2 Å². The van der Waals surface area contributed by atoms with Crippen LogP contribution in [0.5, 0.6) is 5.75 Å². The van der Waals surface area contributed by atoms with Crippen LogP contribution in [0.3, 0.4) is 0 Å². The molecule has 2 aliphatic heterocycles. The van der Waals surface area contributed by atoms with Crippen molar-refractivity contribution in [2.24, 2.45) is 0 Å². The first-order chi connectivity index (χ1) is 9.15. The number of anilines is 1. The predicted octanol–water partition coefficient (Wildman–Crippen LogP) is 1.00. The summed E-state index contributed by atoms with van der Waals surface area (Å²) in [6.07, 6.45) is 0. The largest absolute Gasteiger partial charge is 0.467 e. The van der Waals surface area contributed by atoms with Crippen LogP contribution in [0.4, 0.5) is 10.5 Å². The van der Waals surface area contributed by atoms with Crippen molar-refractivity contribution >= 4 is 11.7 Å². The summed E-state index contributed by atoms with van der Waals surface area (Å²) in [4.78, 5) is 15.4. The predicted molar refractivity (Wildman–Crippen MR) is 69.6 cm³/mol. The molecule has 3 rings (SSSR count). The van der Waals surface area contributed by atoms with E-state index in [1.165, 1.54) is 0 Å². The Bertz CT molecular complexity index is 518. The molecule has 0 spiro atoms. The topological polar surface area (TPSA) is 68.0 Å². The fraction of sp³-hybridized carbons (Fsp3) is 0.462. The first-order valence-corrected chi connectivity index (χ1v) is 6.27. The van der Waals surface area contributed by atoms with E-state index in [2.05, 4.69) is 0 Å². The van der Waals surface area contributed by atoms with Gasteiger partial charge in [0.05, 0.1) is 13.2 Å². The maximum absolute atomic E-state index is 11.9. The minimum absolute atomic E-state index is 0.0447. The highest BCUT2D eigenvalue weighted by molar-refractivity contribution is 5.76. The highest BCUT2D eigenvalue weighted by atomic mass is 16.7. The van der Waals surface area contributed by atoms with Gasteiger partial charge in [-0.25, -0.2) is 4.79 Å². The first kappa shape index (κ1) is 12.1. The molecule has 0 aromatic heterocycles. The molecule has 0 atom stereocenters. The smallest absolute Gasteiger partial charge is 0.320 e. The van der Waals surface area contributed by atoms with Gasteiger partial charge in [0.25, 0.3) is 0 Å². The molecule has 2 heterocycles. The maximum atomic E-state index is 11.9. The van der Waals surface area contributed by atoms with Crippen molar-refractivity contribution in [3.05, 3.63) is 23.3 Å². The van der Waals surface area contributed by atoms with Gasteiger partial charge in [-0.2, -0.15) is 0 Å². The van der Waals surface area contributed by atoms with Gasteiger partial charge in [-0.1, -0.05) is 0 Å². The summed E-state index contributed by atoms with van der Waals surface area (Å²) in [5, 5.41) is 0. The van der Waals surface area contributed by atoms with Gasteiger partial charge in [0.2, 0.25) is 0 Å². The van der Waals surface area contributed by atoms with Crippen LogP contribution in [-0.4, -0.2) is 42.8 Å². The van der Waals surface area contributed by atoms with Crippen molar-refractivity contribution < 1.29 is 14.3 Å². The van der Waals surface area contributed by atoms with Crippen LogP contribution >= 0.6 is 0 Å². The van der Waals surface area contributed by atoms with E-state index < -0.39 is 0 Å². The molecule has 6 nitrogen and oxygen atoms in total. The molecule has 6 heteroatoms. The van der Waals surface area contributed by atoms with Gasteiger partial charge < -0.3 is 25.0 Å². The molecule has 1 aromatic rings. The highest BCUT2D eigenvalue weighted by Gasteiger charge is 2.27. The van der Waals surface area contributed by atoms with E-state index >= 15 is 0 Å². The fourth-order valence-corrected chi connectivity index (χ4v) is 2.50. The third kappa shape index (κ3) is 2.19. The minimum Gasteiger partial charge on any atom is -0.467 e. The summed E-state index contributed by atoms with van der Waals surface area (Å²) < 4.78 is 10.8. The first-order valence-electron chi connectivity index (χ1n) is 6.27. The number of nitrogen functional groups attached to an aromatic ring is 1. The minimum atomic E-state index is 0.0447. The SMILES string of the molecule is CN1CCN(Cc2cc(N)cc3c2OCOC3)C1=O. The lowest BCUT2D eigenvalue weighted by Gasteiger charge is -2.23. The van der Waals surface area contributed by atoms with Gasteiger partial charge in [-0.15, -0.1) is 0 Å². The summed E-state index contributed by atoms with van der Waals surface area (Å²) in [7, 11) is 1.81. The molecule has 0 unspecified atom stereocenters. The molecule has 19 heavy (non-hydrogen) atoms. The zero-order chi connectivity index (χ0) is 13.4. The maximum Gasteiger partial charge on any atom is 0.320 e. The molecule has 2 amide bonds. The van der Waals surface area contributed by atoms with Crippen LogP contribution in [0.1, 0.15) is 11.1 Å². The summed E-state index contributed by atoms with van der Waals surface area (Å²) in [5.41, 5.74) is 8.46. The monoisotopic (exact) mass is 263 g/mol. The second-order valence-electron chi connectivity index (χ2n) is 4.90. The summed E-state index contributed by atoms with van der Waals surface area (Å²) >= 11 is 0. The van der Waals surface area contributed by atoms with Crippen LogP contribution < -0.4 is 10.5 Å². The fourth-order valence-electron chi connectivity index (χ4n) is 2.50. The number of urea groups is 1. The van der Waals surface area contributed by atoms with Crippen molar-refractivity contribution in [3.8, 4) is 5.75 Å². The van der Waals surface area contributed by atoms with Gasteiger partial charge in [0.15, 0.2) is 6.79 Å². The van der Waals surface area contributed by atoms with Crippen LogP contribution in [0.25, 0.3) is 0 Å². The van der Waals surface area contributed by atoms with Crippen LogP contribution in [0, 0.1) is 0 Å². The molecular formula is C13H17N3O3. The third-order valence-corrected chi connectivity index (χ3v) is 3.47. The van der Waals surface area contributed by atoms with Crippen molar-refractivity contribution in [2.75, 3.05) is 32.7 Å². The number of carbonyl (C=O) groups is 1. The average Bonchev–Trinajstić information content (AvgIpc) is 2.70. The number of nitrogens with two attached hydrogens (primary N) is 1. The zero-order valence-corrected chi connectivity index (χ0v) is 10.9. The Morgan fingerprint density at radius 1 is 1.37 bits per heavy atom. The number of likely N-dealkylation sites (N-methyl/N-ethyl adjacent to an activating group) is 1. The Balaban J connectivity index is 1.88. The van der Waals surface area contributed by atoms with E-state index in [-0.39, 0.29) is 12.8 Å². The number of rotatable bonds is 2. The molecule has 0 saturated carbocycles. The Morgan fingerprint density at radius 3 is 2.95 bits per heavy atom. The molecule has 0 bridgehead atoms. The summed E-state index contributed by atoms with van der Waals surface area (Å²) in [5.74, 6) is 0.808. The molecule has 0 radical (unpaired) electrons. The number of ether oxygens (including phenoxy) is 2. The molecule has 2 aliphatic rings. The number of carbonyl (C=O) groups excluding carboxylic acids is 1. The number of hydrogen-bond acceptors (Lipinski definition) is 4. The van der Waals surface area contributed by atoms with Crippen LogP contribution in [0.2, 0.25) is 0 Å². The third-order valence-electron chi connectivity index (χ3n) is 3.47. The lowest BCUT2D eigenvalue weighted by Crippen LogP contribution is -2.29. The van der Waals surface area contributed by atoms with Gasteiger partial charge >= 0.3 is 6.03 Å². The Morgan fingerprint density at radius 2 is 2.21 bits per heavy atom. The number of benzene rings is 1. The van der Waals surface area contributed by atoms with Gasteiger partial charge in [0, 0.05) is 37.0 Å². The Kier molecular flexibility index (Phi) is 2.94. The van der Waals surface area contributed by atoms with Gasteiger partial charge in [-0.3, -0.25) is 0 Å². The van der Waals surface area contributed by atoms with Crippen molar-refractivity contribution in [1.29, 1.82) is 0 Å². The molecule has 0 aliphatic carbocycles. The molecule has 1 fully saturated rings. The number of nitrogens with zero attached hydrogens (tertiary/aromatic N) is 2. The molecule has 1 saturated heterocycles. The second kappa shape index (κ2) is 4.62. The summed E-state index contributed by atoms with van der Waals surface area (Å²) in [6, 6.07) is 3.77. The number of fused-ring (bicyclic) bond motifs is 1. The Hall–Kier alpha value is -1.95. The quantitative estimate of drug-likeness (QED) is 0.808. The molecule has 1 aromatic carbocycles. The molecule has 102 valence electrons. The number of amides is 2. The van der Waals surface area contributed by atoms with E-state index in [0.29, 0.717) is 18.8 Å². The summed E-state index contributed by atoms with van der Waals surface area (Å²) in [6.45, 7) is 2.76. The van der Waals surface area contributed by atoms with Crippen LogP contribution in [0.15, 0.2) is 12.1 Å². The van der Waals surface area contributed by atoms with Crippen molar-refractivity contribution in [1.82, 2.24) is 9.80 Å². The van der Waals surface area contributed by atoms with Crippen molar-refractivity contribution in [3.63, 3.8) is 0 Å². The van der Waals surface area contributed by atoms with E-state index in [1.807, 2.05) is 19.2 Å². The van der Waals surface area contributed by atoms with E-state index in [4.69, 9.17) is 15.2 Å². The highest BCUT2D eigenvalue weighted by Crippen LogP contribution is 2.32. The average molecular weight is 263 g/mol. The lowest BCUT2D eigenvalue weighted by atomic mass is 10.1. The van der Waals surface area contributed by atoms with E-state index in [9.17, 15) is 4.79 Å². The van der Waals surface area contributed by atoms with Gasteiger partial charge in [-0.05, 0) is 12.1 Å². The van der Waals surface area contributed by atoms with E-state index in [1.54, 1.807) is 9.80 Å². The molecular weight excluding hydrogens is 246 g/mol. The zero-order valence-electron chi connectivity index (χ0n) is 10.9.